The third-order valence-corrected chi connectivity index (χ3v) is 5.75. The second-order valence-corrected chi connectivity index (χ2v) is 8.34. The van der Waals surface area contributed by atoms with E-state index in [0.717, 1.165) is 6.42 Å². The van der Waals surface area contributed by atoms with Crippen molar-refractivity contribution in [1.82, 2.24) is 14.9 Å². The quantitative estimate of drug-likeness (QED) is 0.627. The number of carbonyl (C=O) groups excluding carboxylic acids is 1. The van der Waals surface area contributed by atoms with E-state index in [1.165, 1.54) is 29.8 Å². The van der Waals surface area contributed by atoms with Gasteiger partial charge in [-0.1, -0.05) is 36.3 Å². The number of hydrogen-bond acceptors (Lipinski definition) is 4. The van der Waals surface area contributed by atoms with E-state index in [9.17, 15) is 13.2 Å². The first-order valence-corrected chi connectivity index (χ1v) is 10.3. The van der Waals surface area contributed by atoms with Crippen molar-refractivity contribution < 1.29 is 13.2 Å². The van der Waals surface area contributed by atoms with E-state index in [0.29, 0.717) is 12.1 Å². The highest BCUT2D eigenvalue weighted by atomic mass is 32.2. The number of likely N-dealkylation sites (N-methyl/N-ethyl adjacent to an activating group) is 1. The highest BCUT2D eigenvalue weighted by molar-refractivity contribution is 7.89. The lowest BCUT2D eigenvalue weighted by Gasteiger charge is -2.24. The average Bonchev–Trinajstić information content (AvgIpc) is 2.70. The standard InChI is InChI=1S/C21H25N3O3S/c1-4-14-23-28(26,27)20-12-10-18(11-13-20)21(25)22-16-19(24(2)3)15-17-8-6-5-7-9-17/h1,5-13,19,23H,14-16H2,2-3H3,(H,22,25). The Labute approximate surface area is 167 Å². The smallest absolute Gasteiger partial charge is 0.251 e. The molecule has 0 bridgehead atoms. The molecule has 28 heavy (non-hydrogen) atoms. The Kier molecular flexibility index (Phi) is 7.76. The topological polar surface area (TPSA) is 78.5 Å². The number of amides is 1. The van der Waals surface area contributed by atoms with Crippen molar-refractivity contribution in [2.45, 2.75) is 17.4 Å². The molecule has 0 aliphatic carbocycles. The van der Waals surface area contributed by atoms with Crippen LogP contribution in [0, 0.1) is 12.3 Å². The predicted octanol–water partition coefficient (Wildman–Crippen LogP) is 1.50. The summed E-state index contributed by atoms with van der Waals surface area (Å²) in [6.45, 7) is 0.391. The first-order valence-electron chi connectivity index (χ1n) is 8.85. The molecule has 1 atom stereocenters. The summed E-state index contributed by atoms with van der Waals surface area (Å²) in [5.74, 6) is 1.97. The molecule has 148 valence electrons. The molecule has 2 N–H and O–H groups in total. The molecule has 0 fully saturated rings. The fourth-order valence-corrected chi connectivity index (χ4v) is 3.58. The third-order valence-electron chi connectivity index (χ3n) is 4.33. The van der Waals surface area contributed by atoms with Crippen molar-refractivity contribution in [3.8, 4) is 12.3 Å². The Bertz CT molecular complexity index is 918. The fraction of sp³-hybridized carbons (Fsp3) is 0.286. The summed E-state index contributed by atoms with van der Waals surface area (Å²) in [5, 5.41) is 2.92. The Morgan fingerprint density at radius 3 is 2.32 bits per heavy atom. The summed E-state index contributed by atoms with van der Waals surface area (Å²) >= 11 is 0. The molecular weight excluding hydrogens is 374 g/mol. The number of nitrogens with zero attached hydrogens (tertiary/aromatic N) is 1. The monoisotopic (exact) mass is 399 g/mol. The number of rotatable bonds is 9. The van der Waals surface area contributed by atoms with Gasteiger partial charge in [0.1, 0.15) is 0 Å². The van der Waals surface area contributed by atoms with Gasteiger partial charge >= 0.3 is 0 Å². The number of hydrogen-bond donors (Lipinski definition) is 2. The molecule has 0 aliphatic heterocycles. The Balaban J connectivity index is 1.99. The predicted molar refractivity (Wildman–Crippen MR) is 110 cm³/mol. The van der Waals surface area contributed by atoms with Gasteiger partial charge in [-0.25, -0.2) is 8.42 Å². The maximum atomic E-state index is 12.4. The van der Waals surface area contributed by atoms with Crippen LogP contribution in [0.5, 0.6) is 0 Å². The highest BCUT2D eigenvalue weighted by Crippen LogP contribution is 2.11. The summed E-state index contributed by atoms with van der Waals surface area (Å²) in [5.41, 5.74) is 1.59. The van der Waals surface area contributed by atoms with Crippen LogP contribution in [0.15, 0.2) is 59.5 Å². The molecule has 7 heteroatoms. The molecule has 0 aromatic heterocycles. The average molecular weight is 400 g/mol. The molecule has 0 saturated carbocycles. The van der Waals surface area contributed by atoms with Crippen molar-refractivity contribution >= 4 is 15.9 Å². The molecule has 0 saturated heterocycles. The van der Waals surface area contributed by atoms with Crippen LogP contribution in [0.1, 0.15) is 15.9 Å². The Hall–Kier alpha value is -2.66. The van der Waals surface area contributed by atoms with Crippen LogP contribution in [-0.2, 0) is 16.4 Å². The molecule has 0 spiro atoms. The maximum absolute atomic E-state index is 12.4. The van der Waals surface area contributed by atoms with Gasteiger partial charge in [-0.05, 0) is 50.3 Å². The Morgan fingerprint density at radius 2 is 1.75 bits per heavy atom. The SMILES string of the molecule is C#CCNS(=O)(=O)c1ccc(C(=O)NCC(Cc2ccccc2)N(C)C)cc1. The maximum Gasteiger partial charge on any atom is 0.251 e. The zero-order chi connectivity index (χ0) is 20.6. The lowest BCUT2D eigenvalue weighted by molar-refractivity contribution is 0.0941. The first kappa shape index (κ1) is 21.6. The number of sulfonamides is 1. The van der Waals surface area contributed by atoms with Gasteiger partial charge in [0.25, 0.3) is 5.91 Å². The molecular formula is C21H25N3O3S. The van der Waals surface area contributed by atoms with Gasteiger partial charge in [-0.2, -0.15) is 4.72 Å². The number of terminal acetylenes is 1. The molecule has 0 aliphatic rings. The van der Waals surface area contributed by atoms with Gasteiger partial charge in [0.2, 0.25) is 10.0 Å². The van der Waals surface area contributed by atoms with Crippen molar-refractivity contribution in [3.63, 3.8) is 0 Å². The lowest BCUT2D eigenvalue weighted by Crippen LogP contribution is -2.41. The third kappa shape index (κ3) is 6.20. The summed E-state index contributed by atoms with van der Waals surface area (Å²) in [7, 11) is 0.282. The molecule has 6 nitrogen and oxygen atoms in total. The number of nitrogens with one attached hydrogen (secondary N) is 2. The molecule has 1 unspecified atom stereocenters. The van der Waals surface area contributed by atoms with Crippen LogP contribution in [0.25, 0.3) is 0 Å². The molecule has 2 rings (SSSR count). The second-order valence-electron chi connectivity index (χ2n) is 6.57. The second kappa shape index (κ2) is 10.0. The molecule has 2 aromatic rings. The van der Waals surface area contributed by atoms with E-state index in [4.69, 9.17) is 6.42 Å². The molecule has 0 heterocycles. The zero-order valence-corrected chi connectivity index (χ0v) is 16.9. The van der Waals surface area contributed by atoms with Crippen LogP contribution < -0.4 is 10.0 Å². The van der Waals surface area contributed by atoms with E-state index in [1.54, 1.807) is 0 Å². The van der Waals surface area contributed by atoms with E-state index in [2.05, 4.69) is 33.0 Å². The van der Waals surface area contributed by atoms with Crippen LogP contribution >= 0.6 is 0 Å². The summed E-state index contributed by atoms with van der Waals surface area (Å²) in [4.78, 5) is 14.6. The van der Waals surface area contributed by atoms with E-state index in [1.807, 2.05) is 32.3 Å². The zero-order valence-electron chi connectivity index (χ0n) is 16.1. The van der Waals surface area contributed by atoms with Crippen molar-refractivity contribution in [2.75, 3.05) is 27.2 Å². The minimum absolute atomic E-state index is 0.0644. The van der Waals surface area contributed by atoms with Crippen LogP contribution in [0.3, 0.4) is 0 Å². The largest absolute Gasteiger partial charge is 0.350 e. The van der Waals surface area contributed by atoms with Gasteiger partial charge in [-0.15, -0.1) is 6.42 Å². The van der Waals surface area contributed by atoms with Crippen molar-refractivity contribution in [2.24, 2.45) is 0 Å². The van der Waals surface area contributed by atoms with E-state index >= 15 is 0 Å². The lowest BCUT2D eigenvalue weighted by atomic mass is 10.1. The Morgan fingerprint density at radius 1 is 1.11 bits per heavy atom. The minimum atomic E-state index is -3.67. The van der Waals surface area contributed by atoms with Crippen LogP contribution in [-0.4, -0.2) is 52.5 Å². The van der Waals surface area contributed by atoms with Crippen molar-refractivity contribution in [1.29, 1.82) is 0 Å². The summed E-state index contributed by atoms with van der Waals surface area (Å²) in [6, 6.07) is 16.0. The fourth-order valence-electron chi connectivity index (χ4n) is 2.64. The van der Waals surface area contributed by atoms with E-state index in [-0.39, 0.29) is 23.4 Å². The normalized spacial score (nSPS) is 12.4. The van der Waals surface area contributed by atoms with Gasteiger partial charge < -0.3 is 10.2 Å². The molecule has 2 aromatic carbocycles. The van der Waals surface area contributed by atoms with Gasteiger partial charge in [0.15, 0.2) is 0 Å². The number of carbonyl (C=O) groups is 1. The van der Waals surface area contributed by atoms with Crippen molar-refractivity contribution in [3.05, 3.63) is 65.7 Å². The van der Waals surface area contributed by atoms with E-state index < -0.39 is 10.0 Å². The summed E-state index contributed by atoms with van der Waals surface area (Å²) in [6.07, 6.45) is 5.88. The minimum Gasteiger partial charge on any atom is -0.350 e. The van der Waals surface area contributed by atoms with Crippen LogP contribution in [0.2, 0.25) is 0 Å². The van der Waals surface area contributed by atoms with Gasteiger partial charge in [0.05, 0.1) is 11.4 Å². The first-order chi connectivity index (χ1) is 13.3. The number of benzene rings is 2. The molecule has 1 amide bonds. The van der Waals surface area contributed by atoms with Crippen LogP contribution in [0.4, 0.5) is 0 Å². The van der Waals surface area contributed by atoms with Gasteiger partial charge in [-0.3, -0.25) is 4.79 Å². The van der Waals surface area contributed by atoms with Gasteiger partial charge in [0, 0.05) is 18.2 Å². The summed E-state index contributed by atoms with van der Waals surface area (Å²) < 4.78 is 26.3. The molecule has 0 radical (unpaired) electrons. The highest BCUT2D eigenvalue weighted by Gasteiger charge is 2.16.